The Bertz CT molecular complexity index is 727. The van der Waals surface area contributed by atoms with Gasteiger partial charge in [0.1, 0.15) is 0 Å². The van der Waals surface area contributed by atoms with E-state index in [0.717, 1.165) is 6.54 Å². The minimum absolute atomic E-state index is 0.206. The third-order valence-electron chi connectivity index (χ3n) is 7.24. The van der Waals surface area contributed by atoms with Crippen LogP contribution in [-0.4, -0.2) is 28.5 Å². The number of hydrogen-bond acceptors (Lipinski definition) is 3. The van der Waals surface area contributed by atoms with E-state index in [1.165, 1.54) is 118 Å². The lowest BCUT2D eigenvalue weighted by Gasteiger charge is -2.38. The maximum Gasteiger partial charge on any atom is 0.0982 e. The highest BCUT2D eigenvalue weighted by molar-refractivity contribution is 7.18. The van der Waals surface area contributed by atoms with Crippen molar-refractivity contribution in [3.05, 3.63) is 29.3 Å². The van der Waals surface area contributed by atoms with E-state index in [9.17, 15) is 0 Å². The van der Waals surface area contributed by atoms with Crippen LogP contribution in [0.15, 0.2) is 24.3 Å². The predicted octanol–water partition coefficient (Wildman–Crippen LogP) is 10.4. The predicted molar refractivity (Wildman–Crippen MR) is 154 cm³/mol. The molecular formula is C31H54N2S. The highest BCUT2D eigenvalue weighted by atomic mass is 32.1. The largest absolute Gasteiger partial charge is 0.298 e. The summed E-state index contributed by atoms with van der Waals surface area (Å²) in [7, 11) is 0. The van der Waals surface area contributed by atoms with Crippen LogP contribution >= 0.6 is 11.3 Å². The van der Waals surface area contributed by atoms with E-state index in [0.29, 0.717) is 5.92 Å². The van der Waals surface area contributed by atoms with Crippen LogP contribution in [0.5, 0.6) is 0 Å². The van der Waals surface area contributed by atoms with E-state index in [1.807, 2.05) is 11.3 Å². The SMILES string of the molecule is CCCCCCCCCCN(CC(CCCCCCCC)c1nc2ccccc2s1)C(C)(C)C. The quantitative estimate of drug-likeness (QED) is 0.184. The zero-order chi connectivity index (χ0) is 24.7. The Labute approximate surface area is 215 Å². The van der Waals surface area contributed by atoms with Crippen molar-refractivity contribution in [1.29, 1.82) is 0 Å². The molecule has 0 aliphatic heterocycles. The average Bonchev–Trinajstić information content (AvgIpc) is 3.24. The van der Waals surface area contributed by atoms with Gasteiger partial charge in [-0.3, -0.25) is 4.90 Å². The molecule has 2 aromatic rings. The van der Waals surface area contributed by atoms with Gasteiger partial charge in [-0.2, -0.15) is 0 Å². The third kappa shape index (κ3) is 11.2. The van der Waals surface area contributed by atoms with Crippen LogP contribution in [0, 0.1) is 0 Å². The first-order chi connectivity index (χ1) is 16.5. The number of hydrogen-bond donors (Lipinski definition) is 0. The van der Waals surface area contributed by atoms with Crippen molar-refractivity contribution in [3.8, 4) is 0 Å². The van der Waals surface area contributed by atoms with Gasteiger partial charge >= 0.3 is 0 Å². The lowest BCUT2D eigenvalue weighted by atomic mass is 9.96. The lowest BCUT2D eigenvalue weighted by Crippen LogP contribution is -2.44. The summed E-state index contributed by atoms with van der Waals surface area (Å²) in [6.45, 7) is 14.2. The maximum absolute atomic E-state index is 5.11. The topological polar surface area (TPSA) is 16.1 Å². The second-order valence-electron chi connectivity index (χ2n) is 11.4. The first kappa shape index (κ1) is 29.3. The number of thiazole rings is 1. The van der Waals surface area contributed by atoms with Crippen LogP contribution < -0.4 is 0 Å². The second kappa shape index (κ2) is 16.7. The van der Waals surface area contributed by atoms with Crippen molar-refractivity contribution in [2.75, 3.05) is 13.1 Å². The Morgan fingerprint density at radius 3 is 1.91 bits per heavy atom. The third-order valence-corrected chi connectivity index (χ3v) is 8.44. The van der Waals surface area contributed by atoms with Crippen molar-refractivity contribution >= 4 is 21.6 Å². The Morgan fingerprint density at radius 2 is 1.32 bits per heavy atom. The van der Waals surface area contributed by atoms with Crippen LogP contribution in [0.3, 0.4) is 0 Å². The fourth-order valence-corrected chi connectivity index (χ4v) is 6.02. The molecular weight excluding hydrogens is 432 g/mol. The van der Waals surface area contributed by atoms with Gasteiger partial charge < -0.3 is 0 Å². The molecule has 0 bridgehead atoms. The highest BCUT2D eigenvalue weighted by Gasteiger charge is 2.26. The molecule has 1 unspecified atom stereocenters. The summed E-state index contributed by atoms with van der Waals surface area (Å²) >= 11 is 1.93. The minimum atomic E-state index is 0.206. The summed E-state index contributed by atoms with van der Waals surface area (Å²) in [6.07, 6.45) is 20.6. The van der Waals surface area contributed by atoms with Gasteiger partial charge in [0.2, 0.25) is 0 Å². The first-order valence-corrected chi connectivity index (χ1v) is 15.4. The molecule has 2 nitrogen and oxygen atoms in total. The Kier molecular flexibility index (Phi) is 14.4. The molecule has 0 fully saturated rings. The number of fused-ring (bicyclic) bond motifs is 1. The molecule has 3 heteroatoms. The minimum Gasteiger partial charge on any atom is -0.298 e. The normalized spacial score (nSPS) is 13.2. The van der Waals surface area contributed by atoms with E-state index in [-0.39, 0.29) is 5.54 Å². The van der Waals surface area contributed by atoms with E-state index >= 15 is 0 Å². The molecule has 1 atom stereocenters. The molecule has 194 valence electrons. The number of rotatable bonds is 19. The molecule has 0 N–H and O–H groups in total. The summed E-state index contributed by atoms with van der Waals surface area (Å²) in [5, 5.41) is 1.36. The summed E-state index contributed by atoms with van der Waals surface area (Å²) in [6, 6.07) is 8.69. The lowest BCUT2D eigenvalue weighted by molar-refractivity contribution is 0.122. The Morgan fingerprint density at radius 1 is 0.765 bits per heavy atom. The average molecular weight is 487 g/mol. The van der Waals surface area contributed by atoms with Gasteiger partial charge in [0.15, 0.2) is 0 Å². The van der Waals surface area contributed by atoms with Crippen molar-refractivity contribution < 1.29 is 0 Å². The number of benzene rings is 1. The first-order valence-electron chi connectivity index (χ1n) is 14.6. The summed E-state index contributed by atoms with van der Waals surface area (Å²) in [4.78, 5) is 7.88. The molecule has 2 rings (SSSR count). The second-order valence-corrected chi connectivity index (χ2v) is 12.4. The number of para-hydroxylation sites is 1. The van der Waals surface area contributed by atoms with Gasteiger partial charge in [-0.1, -0.05) is 109 Å². The fraction of sp³-hybridized carbons (Fsp3) is 0.774. The molecule has 34 heavy (non-hydrogen) atoms. The monoisotopic (exact) mass is 486 g/mol. The fourth-order valence-electron chi connectivity index (χ4n) is 4.93. The molecule has 1 heterocycles. The molecule has 1 aromatic carbocycles. The molecule has 0 saturated heterocycles. The van der Waals surface area contributed by atoms with Crippen molar-refractivity contribution in [3.63, 3.8) is 0 Å². The maximum atomic E-state index is 5.11. The van der Waals surface area contributed by atoms with Gasteiger partial charge in [-0.25, -0.2) is 4.98 Å². The van der Waals surface area contributed by atoms with Gasteiger partial charge in [0.05, 0.1) is 15.2 Å². The van der Waals surface area contributed by atoms with Crippen LogP contribution in [-0.2, 0) is 0 Å². The summed E-state index contributed by atoms with van der Waals surface area (Å²) in [5.74, 6) is 0.553. The molecule has 0 aliphatic carbocycles. The molecule has 0 amide bonds. The van der Waals surface area contributed by atoms with Gasteiger partial charge in [-0.15, -0.1) is 11.3 Å². The highest BCUT2D eigenvalue weighted by Crippen LogP contribution is 2.33. The van der Waals surface area contributed by atoms with Gasteiger partial charge in [-0.05, 0) is 52.3 Å². The summed E-state index contributed by atoms with van der Waals surface area (Å²) < 4.78 is 1.34. The number of aromatic nitrogens is 1. The zero-order valence-corrected chi connectivity index (χ0v) is 24.0. The van der Waals surface area contributed by atoms with E-state index in [4.69, 9.17) is 4.98 Å². The van der Waals surface area contributed by atoms with Crippen molar-refractivity contribution in [2.45, 2.75) is 142 Å². The standard InChI is InChI=1S/C31H54N2S/c1-6-8-10-12-14-15-17-21-25-33(31(3,4)5)26-27(22-18-16-13-11-9-7-2)30-32-28-23-19-20-24-29(28)34-30/h19-20,23-24,27H,6-18,21-22,25-26H2,1-5H3. The number of nitrogens with zero attached hydrogens (tertiary/aromatic N) is 2. The molecule has 0 saturated carbocycles. The van der Waals surface area contributed by atoms with Crippen molar-refractivity contribution in [1.82, 2.24) is 9.88 Å². The molecule has 0 aliphatic rings. The molecule has 1 aromatic heterocycles. The summed E-state index contributed by atoms with van der Waals surface area (Å²) in [5.41, 5.74) is 1.39. The van der Waals surface area contributed by atoms with Crippen LogP contribution in [0.4, 0.5) is 0 Å². The molecule has 0 spiro atoms. The zero-order valence-electron chi connectivity index (χ0n) is 23.2. The van der Waals surface area contributed by atoms with E-state index in [1.54, 1.807) is 0 Å². The van der Waals surface area contributed by atoms with E-state index < -0.39 is 0 Å². The van der Waals surface area contributed by atoms with Crippen LogP contribution in [0.25, 0.3) is 10.2 Å². The molecule has 0 radical (unpaired) electrons. The van der Waals surface area contributed by atoms with Crippen molar-refractivity contribution in [2.24, 2.45) is 0 Å². The van der Waals surface area contributed by atoms with E-state index in [2.05, 4.69) is 63.8 Å². The Balaban J connectivity index is 1.95. The van der Waals surface area contributed by atoms with Crippen LogP contribution in [0.2, 0.25) is 0 Å². The van der Waals surface area contributed by atoms with Gasteiger partial charge in [0.25, 0.3) is 0 Å². The number of unbranched alkanes of at least 4 members (excludes halogenated alkanes) is 12. The smallest absolute Gasteiger partial charge is 0.0982 e. The van der Waals surface area contributed by atoms with Crippen LogP contribution in [0.1, 0.15) is 142 Å². The Hall–Kier alpha value is -0.930. The van der Waals surface area contributed by atoms with Gasteiger partial charge in [0, 0.05) is 18.0 Å².